The lowest BCUT2D eigenvalue weighted by atomic mass is 10.2. The van der Waals surface area contributed by atoms with Gasteiger partial charge in [-0.25, -0.2) is 4.98 Å². The molecule has 0 aliphatic carbocycles. The molecular weight excluding hydrogens is 428 g/mol. The van der Waals surface area contributed by atoms with Crippen molar-refractivity contribution in [3.05, 3.63) is 48.0 Å². The van der Waals surface area contributed by atoms with E-state index >= 15 is 0 Å². The molecule has 32 heavy (non-hydrogen) atoms. The molecule has 2 amide bonds. The second-order valence-corrected chi connectivity index (χ2v) is 8.89. The number of carbonyl (C=O) groups excluding carboxylic acids is 2. The van der Waals surface area contributed by atoms with E-state index in [-0.39, 0.29) is 18.4 Å². The van der Waals surface area contributed by atoms with Gasteiger partial charge >= 0.3 is 0 Å². The van der Waals surface area contributed by atoms with E-state index < -0.39 is 6.10 Å². The number of hydrogen-bond acceptors (Lipinski definition) is 6. The first-order valence-electron chi connectivity index (χ1n) is 10.6. The van der Waals surface area contributed by atoms with Crippen LogP contribution >= 0.6 is 11.8 Å². The maximum absolute atomic E-state index is 12.9. The number of rotatable bonds is 4. The molecule has 166 valence electrons. The molecule has 0 spiro atoms. The summed E-state index contributed by atoms with van der Waals surface area (Å²) >= 11 is 1.40. The number of hydrogen-bond donors (Lipinski definition) is 1. The van der Waals surface area contributed by atoms with E-state index in [1.54, 1.807) is 15.9 Å². The highest BCUT2D eigenvalue weighted by Crippen LogP contribution is 2.31. The maximum Gasteiger partial charge on any atom is 0.267 e. The van der Waals surface area contributed by atoms with Crippen molar-refractivity contribution in [2.24, 2.45) is 0 Å². The molecule has 2 aromatic carbocycles. The highest BCUT2D eigenvalue weighted by atomic mass is 32.2. The minimum Gasteiger partial charge on any atom is -0.485 e. The Morgan fingerprint density at radius 2 is 1.84 bits per heavy atom. The molecule has 5 rings (SSSR count). The smallest absolute Gasteiger partial charge is 0.267 e. The molecule has 0 saturated carbocycles. The molecule has 3 aromatic rings. The number of aromatic nitrogens is 2. The first-order valence-corrected chi connectivity index (χ1v) is 11.6. The fourth-order valence-electron chi connectivity index (χ4n) is 3.91. The number of nitrogens with one attached hydrogen (secondary N) is 1. The quantitative estimate of drug-likeness (QED) is 0.612. The lowest BCUT2D eigenvalue weighted by Crippen LogP contribution is -2.55. The minimum absolute atomic E-state index is 0.0462. The number of nitrogens with zero attached hydrogens (tertiary/aromatic N) is 3. The highest BCUT2D eigenvalue weighted by Gasteiger charge is 2.33. The zero-order valence-electron chi connectivity index (χ0n) is 17.7. The van der Waals surface area contributed by atoms with Crippen LogP contribution in [0.25, 0.3) is 11.0 Å². The molecule has 8 nitrogen and oxygen atoms in total. The number of thioether (sulfide) groups is 1. The molecule has 1 aromatic heterocycles. The van der Waals surface area contributed by atoms with Crippen molar-refractivity contribution < 1.29 is 19.1 Å². The van der Waals surface area contributed by atoms with Crippen LogP contribution in [0.1, 0.15) is 5.56 Å². The molecule has 9 heteroatoms. The van der Waals surface area contributed by atoms with Gasteiger partial charge in [-0.1, -0.05) is 30.0 Å². The SMILES string of the molecule is Cc1ccc2nc(SCC(=O)N3CCN(C(=O)[C@H]4COc5ccccc5O4)CC3)[nH]c2c1. The van der Waals surface area contributed by atoms with Crippen LogP contribution in [0.4, 0.5) is 0 Å². The molecule has 0 bridgehead atoms. The van der Waals surface area contributed by atoms with E-state index in [1.807, 2.05) is 43.3 Å². The normalized spacial score (nSPS) is 18.1. The number of benzene rings is 2. The van der Waals surface area contributed by atoms with E-state index in [9.17, 15) is 9.59 Å². The van der Waals surface area contributed by atoms with Crippen molar-refractivity contribution in [2.45, 2.75) is 18.2 Å². The van der Waals surface area contributed by atoms with Gasteiger partial charge in [0.2, 0.25) is 12.0 Å². The van der Waals surface area contributed by atoms with E-state index in [0.717, 1.165) is 21.8 Å². The monoisotopic (exact) mass is 452 g/mol. The van der Waals surface area contributed by atoms with Crippen LogP contribution in [0.15, 0.2) is 47.6 Å². The van der Waals surface area contributed by atoms with Gasteiger partial charge in [0.25, 0.3) is 5.91 Å². The van der Waals surface area contributed by atoms with Crippen LogP contribution < -0.4 is 9.47 Å². The molecule has 0 radical (unpaired) electrons. The van der Waals surface area contributed by atoms with Gasteiger partial charge in [0, 0.05) is 26.2 Å². The Balaban J connectivity index is 1.11. The summed E-state index contributed by atoms with van der Waals surface area (Å²) in [6, 6.07) is 13.4. The third-order valence-electron chi connectivity index (χ3n) is 5.68. The van der Waals surface area contributed by atoms with Gasteiger partial charge < -0.3 is 24.3 Å². The van der Waals surface area contributed by atoms with Gasteiger partial charge in [0.05, 0.1) is 16.8 Å². The number of ether oxygens (including phenoxy) is 2. The molecule has 1 N–H and O–H groups in total. The molecule has 1 fully saturated rings. The van der Waals surface area contributed by atoms with Gasteiger partial charge in [-0.3, -0.25) is 9.59 Å². The van der Waals surface area contributed by atoms with Crippen molar-refractivity contribution in [1.82, 2.24) is 19.8 Å². The standard InChI is InChI=1S/C23H24N4O4S/c1-15-6-7-16-17(12-15)25-23(24-16)32-14-21(28)26-8-10-27(11-9-26)22(29)20-13-30-18-4-2-3-5-19(18)31-20/h2-7,12,20H,8-11,13-14H2,1H3,(H,24,25)/t20-/m1/s1. The average Bonchev–Trinajstić information content (AvgIpc) is 3.24. The summed E-state index contributed by atoms with van der Waals surface area (Å²) < 4.78 is 11.5. The molecule has 2 aliphatic rings. The summed E-state index contributed by atoms with van der Waals surface area (Å²) in [5, 5.41) is 0.738. The number of H-pyrrole nitrogens is 1. The third kappa shape index (κ3) is 4.25. The van der Waals surface area contributed by atoms with E-state index in [1.165, 1.54) is 11.8 Å². The van der Waals surface area contributed by atoms with E-state index in [0.29, 0.717) is 43.4 Å². The Labute approximate surface area is 189 Å². The zero-order chi connectivity index (χ0) is 22.1. The summed E-state index contributed by atoms with van der Waals surface area (Å²) in [6.07, 6.45) is -0.653. The number of imidazole rings is 1. The number of amides is 2. The second kappa shape index (κ2) is 8.74. The Kier molecular flexibility index (Phi) is 5.65. The predicted octanol–water partition coefficient (Wildman–Crippen LogP) is 2.47. The first kappa shape index (κ1) is 20.7. The van der Waals surface area contributed by atoms with Crippen LogP contribution in [-0.2, 0) is 9.59 Å². The van der Waals surface area contributed by atoms with Crippen molar-refractivity contribution in [1.29, 1.82) is 0 Å². The molecular formula is C23H24N4O4S. The van der Waals surface area contributed by atoms with Gasteiger partial charge in [0.1, 0.15) is 6.61 Å². The predicted molar refractivity (Wildman–Crippen MR) is 121 cm³/mol. The van der Waals surface area contributed by atoms with Gasteiger partial charge in [-0.05, 0) is 36.8 Å². The number of aryl methyl sites for hydroxylation is 1. The maximum atomic E-state index is 12.9. The Hall–Kier alpha value is -3.20. The molecule has 2 aliphatic heterocycles. The topological polar surface area (TPSA) is 87.8 Å². The first-order chi connectivity index (χ1) is 15.6. The molecule has 1 atom stereocenters. The highest BCUT2D eigenvalue weighted by molar-refractivity contribution is 7.99. The van der Waals surface area contributed by atoms with E-state index in [2.05, 4.69) is 9.97 Å². The van der Waals surface area contributed by atoms with Gasteiger partial charge in [-0.15, -0.1) is 0 Å². The fraction of sp³-hybridized carbons (Fsp3) is 0.348. The van der Waals surface area contributed by atoms with Crippen LogP contribution in [0.5, 0.6) is 11.5 Å². The Morgan fingerprint density at radius 3 is 2.66 bits per heavy atom. The largest absolute Gasteiger partial charge is 0.485 e. The fourth-order valence-corrected chi connectivity index (χ4v) is 4.70. The van der Waals surface area contributed by atoms with Crippen LogP contribution in [0.3, 0.4) is 0 Å². The van der Waals surface area contributed by atoms with E-state index in [4.69, 9.17) is 9.47 Å². The Morgan fingerprint density at radius 1 is 1.09 bits per heavy atom. The molecule has 3 heterocycles. The summed E-state index contributed by atoms with van der Waals surface area (Å²) in [5.41, 5.74) is 3.04. The number of para-hydroxylation sites is 2. The molecule has 0 unspecified atom stereocenters. The zero-order valence-corrected chi connectivity index (χ0v) is 18.6. The summed E-state index contributed by atoms with van der Waals surface area (Å²) in [7, 11) is 0. The van der Waals surface area contributed by atoms with Crippen molar-refractivity contribution in [3.63, 3.8) is 0 Å². The third-order valence-corrected chi connectivity index (χ3v) is 6.53. The lowest BCUT2D eigenvalue weighted by molar-refractivity contribution is -0.145. The summed E-state index contributed by atoms with van der Waals surface area (Å²) in [6.45, 7) is 4.22. The van der Waals surface area contributed by atoms with Crippen LogP contribution in [-0.4, -0.2) is 76.2 Å². The Bertz CT molecular complexity index is 1160. The van der Waals surface area contributed by atoms with Crippen LogP contribution in [0.2, 0.25) is 0 Å². The summed E-state index contributed by atoms with van der Waals surface area (Å²) in [5.74, 6) is 1.50. The molecule has 1 saturated heterocycles. The van der Waals surface area contributed by atoms with Crippen molar-refractivity contribution in [2.75, 3.05) is 38.5 Å². The van der Waals surface area contributed by atoms with Crippen molar-refractivity contribution in [3.8, 4) is 11.5 Å². The summed E-state index contributed by atoms with van der Waals surface area (Å²) in [4.78, 5) is 36.9. The lowest BCUT2D eigenvalue weighted by Gasteiger charge is -2.37. The second-order valence-electron chi connectivity index (χ2n) is 7.92. The number of fused-ring (bicyclic) bond motifs is 2. The number of aromatic amines is 1. The van der Waals surface area contributed by atoms with Gasteiger partial charge in [-0.2, -0.15) is 0 Å². The number of piperazine rings is 1. The average molecular weight is 453 g/mol. The number of carbonyl (C=O) groups is 2. The van der Waals surface area contributed by atoms with Gasteiger partial charge in [0.15, 0.2) is 16.7 Å². The van der Waals surface area contributed by atoms with Crippen molar-refractivity contribution >= 4 is 34.6 Å². The van der Waals surface area contributed by atoms with Crippen LogP contribution in [0, 0.1) is 6.92 Å². The minimum atomic E-state index is -0.653.